The van der Waals surface area contributed by atoms with Crippen LogP contribution < -0.4 is 5.69 Å². The molecule has 0 bridgehead atoms. The largest absolute Gasteiger partial charge is 0.328 e. The van der Waals surface area contributed by atoms with Gasteiger partial charge in [0.15, 0.2) is 5.82 Å². The molecule has 0 aliphatic carbocycles. The Labute approximate surface area is 200 Å². The van der Waals surface area contributed by atoms with Gasteiger partial charge in [0.05, 0.1) is 12.2 Å². The van der Waals surface area contributed by atoms with Crippen molar-refractivity contribution in [2.24, 2.45) is 0 Å². The van der Waals surface area contributed by atoms with Gasteiger partial charge in [0.25, 0.3) is 0 Å². The molecule has 0 saturated carbocycles. The molecule has 1 aromatic carbocycles. The maximum Gasteiger partial charge on any atom is 0.328 e. The zero-order valence-electron chi connectivity index (χ0n) is 20.3. The number of nitrogens with zero attached hydrogens (tertiary/aromatic N) is 6. The molecule has 34 heavy (non-hydrogen) atoms. The summed E-state index contributed by atoms with van der Waals surface area (Å²) in [5.41, 5.74) is 6.11. The van der Waals surface area contributed by atoms with Crippen molar-refractivity contribution in [2.75, 3.05) is 0 Å². The number of hydrogen-bond donors (Lipinski definition) is 1. The van der Waals surface area contributed by atoms with Crippen LogP contribution in [0.2, 0.25) is 0 Å². The van der Waals surface area contributed by atoms with E-state index in [2.05, 4.69) is 58.5 Å². The highest BCUT2D eigenvalue weighted by Crippen LogP contribution is 2.27. The van der Waals surface area contributed by atoms with Crippen molar-refractivity contribution < 1.29 is 0 Å². The van der Waals surface area contributed by atoms with Gasteiger partial charge in [-0.3, -0.25) is 14.1 Å². The van der Waals surface area contributed by atoms with Gasteiger partial charge in [0.1, 0.15) is 0 Å². The quantitative estimate of drug-likeness (QED) is 0.326. The van der Waals surface area contributed by atoms with Crippen LogP contribution in [0.3, 0.4) is 0 Å². The molecule has 0 fully saturated rings. The van der Waals surface area contributed by atoms with Crippen LogP contribution in [0.25, 0.3) is 22.6 Å². The molecule has 8 nitrogen and oxygen atoms in total. The predicted octanol–water partition coefficient (Wildman–Crippen LogP) is 4.78. The van der Waals surface area contributed by atoms with E-state index in [-0.39, 0.29) is 5.69 Å². The minimum atomic E-state index is 0.103. The second-order valence-electron chi connectivity index (χ2n) is 8.71. The zero-order chi connectivity index (χ0) is 23.9. The van der Waals surface area contributed by atoms with E-state index in [1.165, 1.54) is 18.5 Å². The summed E-state index contributed by atoms with van der Waals surface area (Å²) in [4.78, 5) is 17.9. The van der Waals surface area contributed by atoms with E-state index in [0.717, 1.165) is 60.3 Å². The van der Waals surface area contributed by atoms with Crippen molar-refractivity contribution in [1.82, 2.24) is 34.7 Å². The molecule has 0 saturated heterocycles. The molecule has 178 valence electrons. The van der Waals surface area contributed by atoms with Gasteiger partial charge in [-0.2, -0.15) is 0 Å². The van der Waals surface area contributed by atoms with Gasteiger partial charge in [-0.05, 0) is 54.3 Å². The van der Waals surface area contributed by atoms with Crippen molar-refractivity contribution in [3.05, 3.63) is 70.0 Å². The number of aromatic amines is 1. The van der Waals surface area contributed by atoms with E-state index in [4.69, 9.17) is 0 Å². The van der Waals surface area contributed by atoms with E-state index >= 15 is 0 Å². The van der Waals surface area contributed by atoms with E-state index < -0.39 is 0 Å². The SMILES string of the molecule is CCCCCc1c(C)n(CCCC)c(=O)n1Cc1ccc(-c2ncccc2-c2nnn[nH]2)cc1. The predicted molar refractivity (Wildman–Crippen MR) is 134 cm³/mol. The summed E-state index contributed by atoms with van der Waals surface area (Å²) in [5, 5.41) is 14.2. The normalized spacial score (nSPS) is 11.3. The van der Waals surface area contributed by atoms with Crippen molar-refractivity contribution in [3.63, 3.8) is 0 Å². The van der Waals surface area contributed by atoms with Crippen LogP contribution in [0.5, 0.6) is 0 Å². The fourth-order valence-electron chi connectivity index (χ4n) is 4.41. The van der Waals surface area contributed by atoms with Gasteiger partial charge in [-0.25, -0.2) is 9.89 Å². The Hall–Kier alpha value is -3.55. The Morgan fingerprint density at radius 2 is 1.76 bits per heavy atom. The summed E-state index contributed by atoms with van der Waals surface area (Å²) >= 11 is 0. The van der Waals surface area contributed by atoms with Gasteiger partial charge >= 0.3 is 5.69 Å². The van der Waals surface area contributed by atoms with Crippen molar-refractivity contribution in [2.45, 2.75) is 72.4 Å². The number of benzene rings is 1. The third-order valence-electron chi connectivity index (χ3n) is 6.34. The number of imidazole rings is 1. The number of pyridine rings is 1. The van der Waals surface area contributed by atoms with E-state index in [0.29, 0.717) is 12.4 Å². The summed E-state index contributed by atoms with van der Waals surface area (Å²) in [6.07, 6.45) is 8.24. The molecule has 0 radical (unpaired) electrons. The van der Waals surface area contributed by atoms with Gasteiger partial charge in [0, 0.05) is 35.3 Å². The number of rotatable bonds is 11. The number of aromatic nitrogens is 7. The van der Waals surface area contributed by atoms with Gasteiger partial charge in [0.2, 0.25) is 0 Å². The number of tetrazole rings is 1. The summed E-state index contributed by atoms with van der Waals surface area (Å²) in [7, 11) is 0. The Kier molecular flexibility index (Phi) is 7.67. The lowest BCUT2D eigenvalue weighted by Crippen LogP contribution is -2.26. The van der Waals surface area contributed by atoms with Gasteiger partial charge < -0.3 is 0 Å². The standard InChI is InChI=1S/C26H33N7O/c1-4-6-8-11-23-19(3)32(17-7-5-2)26(34)33(23)18-20-12-14-21(15-13-20)24-22(10-9-16-27-24)25-28-30-31-29-25/h9-10,12-16H,4-8,11,17-18H2,1-3H3,(H,28,29,30,31). The molecule has 0 unspecified atom stereocenters. The minimum absolute atomic E-state index is 0.103. The van der Waals surface area contributed by atoms with Crippen LogP contribution in [-0.2, 0) is 19.5 Å². The fourth-order valence-corrected chi connectivity index (χ4v) is 4.41. The molecule has 4 rings (SSSR count). The highest BCUT2D eigenvalue weighted by molar-refractivity contribution is 5.76. The second kappa shape index (κ2) is 11.0. The fraction of sp³-hybridized carbons (Fsp3) is 0.423. The molecule has 0 amide bonds. The smallest absolute Gasteiger partial charge is 0.296 e. The average molecular weight is 460 g/mol. The number of unbranched alkanes of at least 4 members (excludes halogenated alkanes) is 3. The van der Waals surface area contributed by atoms with E-state index in [1.54, 1.807) is 6.20 Å². The molecule has 0 atom stereocenters. The zero-order valence-corrected chi connectivity index (χ0v) is 20.3. The topological polar surface area (TPSA) is 94.3 Å². The molecule has 8 heteroatoms. The number of H-pyrrole nitrogens is 1. The van der Waals surface area contributed by atoms with Crippen LogP contribution in [0.4, 0.5) is 0 Å². The molecule has 4 aromatic rings. The maximum atomic E-state index is 13.3. The van der Waals surface area contributed by atoms with E-state index in [1.807, 2.05) is 33.4 Å². The lowest BCUT2D eigenvalue weighted by Gasteiger charge is -2.10. The van der Waals surface area contributed by atoms with Crippen molar-refractivity contribution >= 4 is 0 Å². The lowest BCUT2D eigenvalue weighted by molar-refractivity contribution is 0.584. The number of hydrogen-bond acceptors (Lipinski definition) is 5. The summed E-state index contributed by atoms with van der Waals surface area (Å²) < 4.78 is 3.94. The molecule has 0 spiro atoms. The van der Waals surface area contributed by atoms with Crippen LogP contribution in [0.15, 0.2) is 47.4 Å². The average Bonchev–Trinajstić information content (AvgIpc) is 3.47. The molecular formula is C26H33N7O. The van der Waals surface area contributed by atoms with Crippen LogP contribution in [0.1, 0.15) is 62.9 Å². The second-order valence-corrected chi connectivity index (χ2v) is 8.71. The highest BCUT2D eigenvalue weighted by Gasteiger charge is 2.17. The molecule has 3 aromatic heterocycles. The molecule has 3 heterocycles. The molecule has 0 aliphatic rings. The maximum absolute atomic E-state index is 13.3. The molecule has 0 aliphatic heterocycles. The highest BCUT2D eigenvalue weighted by atomic mass is 16.1. The van der Waals surface area contributed by atoms with Crippen molar-refractivity contribution in [1.29, 1.82) is 0 Å². The minimum Gasteiger partial charge on any atom is -0.296 e. The molecule has 1 N–H and O–H groups in total. The third kappa shape index (κ3) is 5.00. The molecular weight excluding hydrogens is 426 g/mol. The van der Waals surface area contributed by atoms with Gasteiger partial charge in [-0.15, -0.1) is 5.10 Å². The monoisotopic (exact) mass is 459 g/mol. The number of nitrogens with one attached hydrogen (secondary N) is 1. The first-order chi connectivity index (χ1) is 16.6. The van der Waals surface area contributed by atoms with Crippen LogP contribution in [-0.4, -0.2) is 34.7 Å². The summed E-state index contributed by atoms with van der Waals surface area (Å²) in [5.74, 6) is 0.583. The van der Waals surface area contributed by atoms with Gasteiger partial charge in [-0.1, -0.05) is 57.4 Å². The Morgan fingerprint density at radius 1 is 0.971 bits per heavy atom. The first-order valence-corrected chi connectivity index (χ1v) is 12.2. The first kappa shape index (κ1) is 23.6. The summed E-state index contributed by atoms with van der Waals surface area (Å²) in [6.45, 7) is 7.82. The van der Waals surface area contributed by atoms with Crippen LogP contribution >= 0.6 is 0 Å². The van der Waals surface area contributed by atoms with Crippen LogP contribution in [0, 0.1) is 6.92 Å². The third-order valence-corrected chi connectivity index (χ3v) is 6.34. The lowest BCUT2D eigenvalue weighted by atomic mass is 10.0. The van der Waals surface area contributed by atoms with E-state index in [9.17, 15) is 4.79 Å². The Balaban J connectivity index is 1.62. The Morgan fingerprint density at radius 3 is 2.47 bits per heavy atom. The van der Waals surface area contributed by atoms with Crippen molar-refractivity contribution in [3.8, 4) is 22.6 Å². The first-order valence-electron chi connectivity index (χ1n) is 12.2. The Bertz CT molecular complexity index is 1250. The summed E-state index contributed by atoms with van der Waals surface area (Å²) in [6, 6.07) is 12.1.